The second kappa shape index (κ2) is 7.31. The quantitative estimate of drug-likeness (QED) is 0.922. The normalized spacial score (nSPS) is 17.2. The van der Waals surface area contributed by atoms with Gasteiger partial charge in [0.2, 0.25) is 0 Å². The van der Waals surface area contributed by atoms with Gasteiger partial charge < -0.3 is 19.5 Å². The van der Waals surface area contributed by atoms with E-state index in [9.17, 15) is 19.1 Å². The van der Waals surface area contributed by atoms with Crippen molar-refractivity contribution in [1.29, 1.82) is 0 Å². The minimum atomic E-state index is -1.10. The maximum Gasteiger partial charge on any atom is 0.328 e. The molecule has 0 bridgehead atoms. The summed E-state index contributed by atoms with van der Waals surface area (Å²) in [7, 11) is 0. The number of carbonyl (C=O) groups excluding carboxylic acids is 1. The van der Waals surface area contributed by atoms with Gasteiger partial charge in [-0.3, -0.25) is 4.79 Å². The Labute approximate surface area is 143 Å². The van der Waals surface area contributed by atoms with Gasteiger partial charge in [-0.25, -0.2) is 9.18 Å². The van der Waals surface area contributed by atoms with Gasteiger partial charge in [-0.2, -0.15) is 0 Å². The molecule has 1 fully saturated rings. The van der Waals surface area contributed by atoms with Crippen molar-refractivity contribution in [3.8, 4) is 11.5 Å². The fraction of sp³-hybridized carbons (Fsp3) is 0.222. The summed E-state index contributed by atoms with van der Waals surface area (Å²) in [5, 5.41) is 9.21. The molecule has 0 aromatic heterocycles. The summed E-state index contributed by atoms with van der Waals surface area (Å²) in [6.45, 7) is 0.496. The first-order valence-corrected chi connectivity index (χ1v) is 7.69. The maximum absolute atomic E-state index is 13.2. The van der Waals surface area contributed by atoms with E-state index in [4.69, 9.17) is 9.47 Å². The number of rotatable bonds is 4. The van der Waals surface area contributed by atoms with Crippen LogP contribution < -0.4 is 4.74 Å². The van der Waals surface area contributed by atoms with Crippen molar-refractivity contribution in [2.24, 2.45) is 0 Å². The summed E-state index contributed by atoms with van der Waals surface area (Å²) in [5.41, 5.74) is 0.347. The van der Waals surface area contributed by atoms with Crippen molar-refractivity contribution in [1.82, 2.24) is 4.90 Å². The van der Waals surface area contributed by atoms with E-state index in [1.54, 1.807) is 30.3 Å². The van der Waals surface area contributed by atoms with Crippen molar-refractivity contribution in [3.05, 3.63) is 59.9 Å². The molecule has 0 spiro atoms. The van der Waals surface area contributed by atoms with E-state index in [1.165, 1.54) is 23.1 Å². The number of halogens is 1. The topological polar surface area (TPSA) is 76.1 Å². The van der Waals surface area contributed by atoms with E-state index >= 15 is 0 Å². The molecule has 1 atom stereocenters. The van der Waals surface area contributed by atoms with Crippen LogP contribution >= 0.6 is 0 Å². The zero-order valence-corrected chi connectivity index (χ0v) is 13.2. The molecule has 1 aliphatic heterocycles. The first-order valence-electron chi connectivity index (χ1n) is 7.69. The fourth-order valence-corrected chi connectivity index (χ4v) is 2.55. The van der Waals surface area contributed by atoms with Crippen molar-refractivity contribution < 1.29 is 28.6 Å². The number of carboxylic acids is 1. The molecule has 130 valence electrons. The minimum Gasteiger partial charge on any atom is -0.480 e. The van der Waals surface area contributed by atoms with Crippen LogP contribution in [0.1, 0.15) is 10.4 Å². The third-order valence-corrected chi connectivity index (χ3v) is 3.81. The van der Waals surface area contributed by atoms with E-state index in [2.05, 4.69) is 0 Å². The Hall–Kier alpha value is -2.93. The molecule has 0 saturated carbocycles. The molecule has 1 N–H and O–H groups in total. The van der Waals surface area contributed by atoms with Crippen molar-refractivity contribution in [3.63, 3.8) is 0 Å². The SMILES string of the molecule is O=C(O)[C@H]1COCCN1C(=O)c1ccc(Oc2cccc(F)c2)cc1. The van der Waals surface area contributed by atoms with Gasteiger partial charge in [0.25, 0.3) is 5.91 Å². The van der Waals surface area contributed by atoms with Gasteiger partial charge in [0.05, 0.1) is 13.2 Å². The number of amides is 1. The standard InChI is InChI=1S/C18H16FNO5/c19-13-2-1-3-15(10-13)25-14-6-4-12(5-7-14)17(21)20-8-9-24-11-16(20)18(22)23/h1-7,10,16H,8-9,11H2,(H,22,23)/t16-/m1/s1. The Morgan fingerprint density at radius 3 is 2.60 bits per heavy atom. The van der Waals surface area contributed by atoms with Crippen LogP contribution in [0.2, 0.25) is 0 Å². The molecule has 7 heteroatoms. The summed E-state index contributed by atoms with van der Waals surface area (Å²) >= 11 is 0. The van der Waals surface area contributed by atoms with Crippen LogP contribution in [0.5, 0.6) is 11.5 Å². The summed E-state index contributed by atoms with van der Waals surface area (Å²) in [6.07, 6.45) is 0. The van der Waals surface area contributed by atoms with E-state index in [1.807, 2.05) is 0 Å². The highest BCUT2D eigenvalue weighted by Gasteiger charge is 2.33. The highest BCUT2D eigenvalue weighted by Crippen LogP contribution is 2.23. The average Bonchev–Trinajstić information content (AvgIpc) is 2.62. The Morgan fingerprint density at radius 2 is 1.92 bits per heavy atom. The van der Waals surface area contributed by atoms with Crippen molar-refractivity contribution >= 4 is 11.9 Å². The lowest BCUT2D eigenvalue weighted by molar-refractivity contribution is -0.147. The van der Waals surface area contributed by atoms with Gasteiger partial charge in [-0.15, -0.1) is 0 Å². The highest BCUT2D eigenvalue weighted by atomic mass is 19.1. The number of ether oxygens (including phenoxy) is 2. The molecule has 0 unspecified atom stereocenters. The lowest BCUT2D eigenvalue weighted by Crippen LogP contribution is -2.52. The minimum absolute atomic E-state index is 0.0260. The van der Waals surface area contributed by atoms with E-state index < -0.39 is 17.8 Å². The van der Waals surface area contributed by atoms with E-state index in [-0.39, 0.29) is 19.1 Å². The van der Waals surface area contributed by atoms with Crippen LogP contribution in [0.4, 0.5) is 4.39 Å². The van der Waals surface area contributed by atoms with Crippen LogP contribution in [0.3, 0.4) is 0 Å². The predicted octanol–water partition coefficient (Wildman–Crippen LogP) is 2.54. The largest absolute Gasteiger partial charge is 0.480 e. The molecule has 6 nitrogen and oxygen atoms in total. The molecule has 2 aromatic carbocycles. The average molecular weight is 345 g/mol. The Bertz CT molecular complexity index is 777. The second-order valence-corrected chi connectivity index (χ2v) is 5.51. The summed E-state index contributed by atoms with van der Waals surface area (Å²) < 4.78 is 23.8. The number of aliphatic carboxylic acids is 1. The van der Waals surface area contributed by atoms with Crippen molar-refractivity contribution in [2.75, 3.05) is 19.8 Å². The van der Waals surface area contributed by atoms with Crippen LogP contribution in [-0.4, -0.2) is 47.7 Å². The second-order valence-electron chi connectivity index (χ2n) is 5.51. The van der Waals surface area contributed by atoms with Crippen LogP contribution in [0, 0.1) is 5.82 Å². The summed E-state index contributed by atoms with van der Waals surface area (Å²) in [6, 6.07) is 11.0. The molecular formula is C18H16FNO5. The molecule has 1 saturated heterocycles. The number of morpholine rings is 1. The van der Waals surface area contributed by atoms with Gasteiger partial charge >= 0.3 is 5.97 Å². The van der Waals surface area contributed by atoms with Gasteiger partial charge in [0.1, 0.15) is 17.3 Å². The number of hydrogen-bond acceptors (Lipinski definition) is 4. The monoisotopic (exact) mass is 345 g/mol. The molecule has 0 aliphatic carbocycles. The maximum atomic E-state index is 13.2. The molecule has 0 radical (unpaired) electrons. The highest BCUT2D eigenvalue weighted by molar-refractivity contribution is 5.96. The number of benzene rings is 2. The third-order valence-electron chi connectivity index (χ3n) is 3.81. The first kappa shape index (κ1) is 16.9. The fourth-order valence-electron chi connectivity index (χ4n) is 2.55. The number of hydrogen-bond donors (Lipinski definition) is 1. The lowest BCUT2D eigenvalue weighted by Gasteiger charge is -2.32. The van der Waals surface area contributed by atoms with Gasteiger partial charge in [0.15, 0.2) is 6.04 Å². The Balaban J connectivity index is 1.73. The molecular weight excluding hydrogens is 329 g/mol. The number of nitrogens with zero attached hydrogens (tertiary/aromatic N) is 1. The van der Waals surface area contributed by atoms with Crippen molar-refractivity contribution in [2.45, 2.75) is 6.04 Å². The molecule has 25 heavy (non-hydrogen) atoms. The van der Waals surface area contributed by atoms with E-state index in [0.717, 1.165) is 0 Å². The molecule has 3 rings (SSSR count). The predicted molar refractivity (Wildman–Crippen MR) is 86.2 cm³/mol. The first-order chi connectivity index (χ1) is 12.0. The van der Waals surface area contributed by atoms with Crippen LogP contribution in [-0.2, 0) is 9.53 Å². The zero-order valence-electron chi connectivity index (χ0n) is 13.2. The molecule has 1 heterocycles. The van der Waals surface area contributed by atoms with E-state index in [0.29, 0.717) is 23.7 Å². The Kier molecular flexibility index (Phi) is 4.95. The third kappa shape index (κ3) is 3.95. The summed E-state index contributed by atoms with van der Waals surface area (Å²) in [5.74, 6) is -1.10. The zero-order chi connectivity index (χ0) is 17.8. The van der Waals surface area contributed by atoms with Crippen LogP contribution in [0.25, 0.3) is 0 Å². The van der Waals surface area contributed by atoms with Gasteiger partial charge in [0, 0.05) is 18.2 Å². The molecule has 1 amide bonds. The summed E-state index contributed by atoms with van der Waals surface area (Å²) in [4.78, 5) is 25.1. The lowest BCUT2D eigenvalue weighted by atomic mass is 10.1. The van der Waals surface area contributed by atoms with Crippen LogP contribution in [0.15, 0.2) is 48.5 Å². The molecule has 1 aliphatic rings. The number of carbonyl (C=O) groups is 2. The molecule has 2 aromatic rings. The number of carboxylic acid groups (broad SMARTS) is 1. The Morgan fingerprint density at radius 1 is 1.16 bits per heavy atom. The smallest absolute Gasteiger partial charge is 0.328 e. The van der Waals surface area contributed by atoms with Gasteiger partial charge in [-0.1, -0.05) is 6.07 Å². The van der Waals surface area contributed by atoms with Gasteiger partial charge in [-0.05, 0) is 36.4 Å².